The predicted octanol–water partition coefficient (Wildman–Crippen LogP) is 4.95. The highest BCUT2D eigenvalue weighted by atomic mass is 32.2. The van der Waals surface area contributed by atoms with Crippen LogP contribution < -0.4 is 9.04 Å². The summed E-state index contributed by atoms with van der Waals surface area (Å²) in [6, 6.07) is 18.7. The SMILES string of the molecule is CCC(=O)N(c1ccc(C(=O)/C=C/c2ccc(OC(C)=O)cc2)cc1)S(=O)(=O)c1ccc(C)cc1. The molecule has 180 valence electrons. The van der Waals surface area contributed by atoms with Gasteiger partial charge in [-0.15, -0.1) is 0 Å². The zero-order valence-electron chi connectivity index (χ0n) is 19.6. The number of carbonyl (C=O) groups is 3. The zero-order valence-corrected chi connectivity index (χ0v) is 20.4. The zero-order chi connectivity index (χ0) is 25.6. The average Bonchev–Trinajstić information content (AvgIpc) is 2.83. The number of amides is 1. The first-order valence-electron chi connectivity index (χ1n) is 10.9. The maximum Gasteiger partial charge on any atom is 0.308 e. The number of nitrogens with zero attached hydrogens (tertiary/aromatic N) is 1. The molecule has 8 heteroatoms. The van der Waals surface area contributed by atoms with E-state index in [1.54, 1.807) is 49.4 Å². The summed E-state index contributed by atoms with van der Waals surface area (Å²) in [6.07, 6.45) is 2.99. The monoisotopic (exact) mass is 491 g/mol. The molecule has 0 spiro atoms. The van der Waals surface area contributed by atoms with Crippen LogP contribution in [0.1, 0.15) is 41.8 Å². The van der Waals surface area contributed by atoms with Crippen molar-refractivity contribution in [2.24, 2.45) is 0 Å². The third-order valence-corrected chi connectivity index (χ3v) is 6.81. The van der Waals surface area contributed by atoms with Gasteiger partial charge in [0.1, 0.15) is 5.75 Å². The van der Waals surface area contributed by atoms with Crippen LogP contribution in [-0.2, 0) is 19.6 Å². The number of esters is 1. The number of aryl methyl sites for hydroxylation is 1. The maximum absolute atomic E-state index is 13.2. The molecular formula is C27H25NO6S. The third-order valence-electron chi connectivity index (χ3n) is 5.04. The van der Waals surface area contributed by atoms with Crippen LogP contribution in [0, 0.1) is 6.92 Å². The predicted molar refractivity (Wildman–Crippen MR) is 134 cm³/mol. The van der Waals surface area contributed by atoms with Gasteiger partial charge in [0.15, 0.2) is 5.78 Å². The fourth-order valence-corrected chi connectivity index (χ4v) is 4.71. The number of ether oxygens (including phenoxy) is 1. The first kappa shape index (κ1) is 25.6. The van der Waals surface area contributed by atoms with Gasteiger partial charge >= 0.3 is 5.97 Å². The Balaban J connectivity index is 1.81. The lowest BCUT2D eigenvalue weighted by Gasteiger charge is -2.22. The summed E-state index contributed by atoms with van der Waals surface area (Å²) >= 11 is 0. The van der Waals surface area contributed by atoms with Crippen LogP contribution in [0.2, 0.25) is 0 Å². The van der Waals surface area contributed by atoms with Gasteiger partial charge in [-0.05, 0) is 67.1 Å². The van der Waals surface area contributed by atoms with Crippen molar-refractivity contribution in [2.75, 3.05) is 4.31 Å². The fourth-order valence-electron chi connectivity index (χ4n) is 3.22. The van der Waals surface area contributed by atoms with Crippen molar-refractivity contribution in [3.05, 3.63) is 95.6 Å². The van der Waals surface area contributed by atoms with Crippen LogP contribution in [0.4, 0.5) is 5.69 Å². The molecule has 0 aliphatic carbocycles. The molecule has 0 atom stereocenters. The Morgan fingerprint density at radius 2 is 1.49 bits per heavy atom. The van der Waals surface area contributed by atoms with Crippen molar-refractivity contribution in [1.29, 1.82) is 0 Å². The van der Waals surface area contributed by atoms with Crippen molar-refractivity contribution >= 4 is 39.4 Å². The van der Waals surface area contributed by atoms with Crippen molar-refractivity contribution in [2.45, 2.75) is 32.1 Å². The van der Waals surface area contributed by atoms with Gasteiger partial charge in [-0.3, -0.25) is 14.4 Å². The second-order valence-corrected chi connectivity index (χ2v) is 9.52. The lowest BCUT2D eigenvalue weighted by molar-refractivity contribution is -0.131. The molecule has 0 saturated heterocycles. The molecule has 0 aliphatic rings. The highest BCUT2D eigenvalue weighted by Crippen LogP contribution is 2.26. The van der Waals surface area contributed by atoms with Gasteiger partial charge in [0, 0.05) is 18.9 Å². The Morgan fingerprint density at radius 1 is 0.886 bits per heavy atom. The maximum atomic E-state index is 13.2. The summed E-state index contributed by atoms with van der Waals surface area (Å²) in [5, 5.41) is 0. The molecule has 0 heterocycles. The Morgan fingerprint density at radius 3 is 2.03 bits per heavy atom. The van der Waals surface area contributed by atoms with Crippen LogP contribution in [0.5, 0.6) is 5.75 Å². The van der Waals surface area contributed by atoms with Crippen LogP contribution in [0.15, 0.2) is 83.8 Å². The van der Waals surface area contributed by atoms with Crippen molar-refractivity contribution in [1.82, 2.24) is 0 Å². The smallest absolute Gasteiger partial charge is 0.308 e. The van der Waals surface area contributed by atoms with E-state index in [1.165, 1.54) is 49.4 Å². The lowest BCUT2D eigenvalue weighted by Crippen LogP contribution is -2.36. The number of carbonyl (C=O) groups excluding carboxylic acids is 3. The first-order chi connectivity index (χ1) is 16.6. The largest absolute Gasteiger partial charge is 0.427 e. The number of sulfonamides is 1. The van der Waals surface area contributed by atoms with Crippen LogP contribution in [0.25, 0.3) is 6.08 Å². The van der Waals surface area contributed by atoms with Crippen LogP contribution in [-0.4, -0.2) is 26.1 Å². The van der Waals surface area contributed by atoms with Crippen molar-refractivity contribution in [3.63, 3.8) is 0 Å². The number of ketones is 1. The van der Waals surface area contributed by atoms with Gasteiger partial charge in [-0.2, -0.15) is 0 Å². The highest BCUT2D eigenvalue weighted by molar-refractivity contribution is 7.93. The topological polar surface area (TPSA) is 97.8 Å². The van der Waals surface area contributed by atoms with E-state index in [1.807, 2.05) is 6.92 Å². The molecule has 0 radical (unpaired) electrons. The molecule has 35 heavy (non-hydrogen) atoms. The molecule has 1 amide bonds. The molecular weight excluding hydrogens is 466 g/mol. The second kappa shape index (κ2) is 10.9. The van der Waals surface area contributed by atoms with Crippen LogP contribution in [0.3, 0.4) is 0 Å². The van der Waals surface area contributed by atoms with Crippen molar-refractivity contribution in [3.8, 4) is 5.75 Å². The van der Waals surface area contributed by atoms with E-state index >= 15 is 0 Å². The summed E-state index contributed by atoms with van der Waals surface area (Å²) < 4.78 is 32.2. The Bertz CT molecular complexity index is 1360. The third kappa shape index (κ3) is 6.30. The quantitative estimate of drug-likeness (QED) is 0.191. The number of rotatable bonds is 8. The molecule has 7 nitrogen and oxygen atoms in total. The molecule has 0 saturated carbocycles. The molecule has 3 aromatic carbocycles. The molecule has 0 bridgehead atoms. The van der Waals surface area contributed by atoms with E-state index < -0.39 is 21.9 Å². The standard InChI is InChI=1S/C27H25NO6S/c1-4-27(31)28(35(32,33)25-16-5-19(2)6-17-25)23-12-10-22(11-13-23)26(30)18-9-21-7-14-24(15-8-21)34-20(3)29/h5-18H,4H2,1-3H3/b18-9+. The number of hydrogen-bond donors (Lipinski definition) is 0. The van der Waals surface area contributed by atoms with Crippen molar-refractivity contribution < 1.29 is 27.5 Å². The van der Waals surface area contributed by atoms with Gasteiger partial charge in [0.25, 0.3) is 10.0 Å². The number of allylic oxidation sites excluding steroid dienone is 1. The molecule has 3 rings (SSSR count). The average molecular weight is 492 g/mol. The molecule has 0 N–H and O–H groups in total. The highest BCUT2D eigenvalue weighted by Gasteiger charge is 2.30. The lowest BCUT2D eigenvalue weighted by atomic mass is 10.1. The van der Waals surface area contributed by atoms with E-state index in [2.05, 4.69) is 0 Å². The van der Waals surface area contributed by atoms with Gasteiger partial charge < -0.3 is 4.74 Å². The Kier molecular flexibility index (Phi) is 7.98. The Labute approximate surface area is 204 Å². The van der Waals surface area contributed by atoms with Gasteiger partial charge in [-0.25, -0.2) is 12.7 Å². The number of benzene rings is 3. The van der Waals surface area contributed by atoms with E-state index in [0.717, 1.165) is 15.4 Å². The summed E-state index contributed by atoms with van der Waals surface area (Å²) in [5.41, 5.74) is 2.11. The summed E-state index contributed by atoms with van der Waals surface area (Å²) in [5.74, 6) is -0.891. The molecule has 0 aliphatic heterocycles. The number of hydrogen-bond acceptors (Lipinski definition) is 6. The van der Waals surface area contributed by atoms with Gasteiger partial charge in [-0.1, -0.05) is 42.8 Å². The minimum atomic E-state index is -4.12. The van der Waals surface area contributed by atoms with E-state index in [9.17, 15) is 22.8 Å². The minimum absolute atomic E-state index is 0.00714. The van der Waals surface area contributed by atoms with Gasteiger partial charge in [0.2, 0.25) is 5.91 Å². The summed E-state index contributed by atoms with van der Waals surface area (Å²) in [6.45, 7) is 4.74. The fraction of sp³-hybridized carbons (Fsp3) is 0.148. The Hall–Kier alpha value is -4.04. The normalized spacial score (nSPS) is 11.3. The summed E-state index contributed by atoms with van der Waals surface area (Å²) in [7, 11) is -4.12. The first-order valence-corrected chi connectivity index (χ1v) is 12.3. The molecule has 0 aromatic heterocycles. The molecule has 0 fully saturated rings. The number of anilines is 1. The van der Waals surface area contributed by atoms with E-state index in [4.69, 9.17) is 4.74 Å². The van der Waals surface area contributed by atoms with Crippen LogP contribution >= 0.6 is 0 Å². The second-order valence-electron chi connectivity index (χ2n) is 7.74. The molecule has 3 aromatic rings. The van der Waals surface area contributed by atoms with E-state index in [0.29, 0.717) is 11.3 Å². The summed E-state index contributed by atoms with van der Waals surface area (Å²) in [4.78, 5) is 36.2. The molecule has 0 unspecified atom stereocenters. The minimum Gasteiger partial charge on any atom is -0.427 e. The van der Waals surface area contributed by atoms with Gasteiger partial charge in [0.05, 0.1) is 10.6 Å². The van der Waals surface area contributed by atoms with E-state index in [-0.39, 0.29) is 22.8 Å².